The summed E-state index contributed by atoms with van der Waals surface area (Å²) in [5.41, 5.74) is 3.38. The van der Waals surface area contributed by atoms with E-state index >= 15 is 0 Å². The van der Waals surface area contributed by atoms with E-state index in [-0.39, 0.29) is 0 Å². The molecule has 1 aliphatic heterocycles. The van der Waals surface area contributed by atoms with Crippen LogP contribution in [0.4, 0.5) is 16.5 Å². The highest BCUT2D eigenvalue weighted by molar-refractivity contribution is 7.22. The number of methoxy groups -OCH3 is 1. The first-order valence-corrected chi connectivity index (χ1v) is 11.0. The van der Waals surface area contributed by atoms with Gasteiger partial charge >= 0.3 is 0 Å². The number of benzene rings is 2. The molecule has 2 heterocycles. The predicted octanol–water partition coefficient (Wildman–Crippen LogP) is 4.77. The number of thiazole rings is 1. The van der Waals surface area contributed by atoms with Gasteiger partial charge in [-0.05, 0) is 49.2 Å². The van der Waals surface area contributed by atoms with Gasteiger partial charge in [-0.2, -0.15) is 5.26 Å². The molecule has 3 aromatic rings. The molecule has 4 rings (SSSR count). The summed E-state index contributed by atoms with van der Waals surface area (Å²) in [7, 11) is 1.61. The summed E-state index contributed by atoms with van der Waals surface area (Å²) in [4.78, 5) is 13.4. The molecule has 7 nitrogen and oxygen atoms in total. The third-order valence-corrected chi connectivity index (χ3v) is 6.29. The first kappa shape index (κ1) is 21.4. The van der Waals surface area contributed by atoms with Gasteiger partial charge in [0.05, 0.1) is 34.6 Å². The molecule has 0 aliphatic carbocycles. The number of aliphatic imine (C=N–C) groups is 1. The number of aromatic nitrogens is 1. The molecule has 1 saturated heterocycles. The number of hydrogen-bond acceptors (Lipinski definition) is 8. The van der Waals surface area contributed by atoms with Crippen LogP contribution >= 0.6 is 11.3 Å². The highest BCUT2D eigenvalue weighted by Gasteiger charge is 2.19. The van der Waals surface area contributed by atoms with Crippen molar-refractivity contribution in [3.05, 3.63) is 66.5 Å². The van der Waals surface area contributed by atoms with Crippen molar-refractivity contribution >= 4 is 44.8 Å². The molecule has 1 aromatic heterocycles. The quantitative estimate of drug-likeness (QED) is 0.418. The third-order valence-electron chi connectivity index (χ3n) is 5.34. The Hall–Kier alpha value is -3.83. The van der Waals surface area contributed by atoms with Crippen molar-refractivity contribution in [3.8, 4) is 11.8 Å². The molecule has 1 fully saturated rings. The summed E-state index contributed by atoms with van der Waals surface area (Å²) in [5.74, 6) is 1.53. The van der Waals surface area contributed by atoms with Crippen LogP contribution in [0.2, 0.25) is 0 Å². The summed E-state index contributed by atoms with van der Waals surface area (Å²) < 4.78 is 6.51. The van der Waals surface area contributed by atoms with Crippen LogP contribution in [0.15, 0.2) is 65.9 Å². The number of nitrogens with zero attached hydrogens (tertiary/aromatic N) is 5. The molecule has 1 N–H and O–H groups in total. The second-order valence-corrected chi connectivity index (χ2v) is 8.25. The van der Waals surface area contributed by atoms with Crippen molar-refractivity contribution in [2.75, 3.05) is 43.5 Å². The van der Waals surface area contributed by atoms with E-state index in [1.165, 1.54) is 0 Å². The van der Waals surface area contributed by atoms with Crippen molar-refractivity contribution < 1.29 is 4.74 Å². The van der Waals surface area contributed by atoms with Crippen molar-refractivity contribution in [2.45, 2.75) is 0 Å². The summed E-state index contributed by atoms with van der Waals surface area (Å²) >= 11 is 1.57. The Kier molecular flexibility index (Phi) is 6.38. The third kappa shape index (κ3) is 4.43. The van der Waals surface area contributed by atoms with E-state index in [2.05, 4.69) is 57.7 Å². The van der Waals surface area contributed by atoms with E-state index in [0.717, 1.165) is 58.7 Å². The molecule has 1 aliphatic rings. The zero-order valence-electron chi connectivity index (χ0n) is 17.9. The van der Waals surface area contributed by atoms with Gasteiger partial charge in [0, 0.05) is 31.9 Å². The standard InChI is InChI=1S/C24H24N6OS/c1-4-5-23(26-2)30-12-10-29(11-13-30)18-7-9-22-20(15-18)28-24(32-22)27-19-14-17(16-25)6-8-21(19)31-3/h4-9,14-15H,1-2,10-13H2,3H3,(H,27,28)/b23-5+. The fraction of sp³-hybridized carbons (Fsp3) is 0.208. The van der Waals surface area contributed by atoms with Crippen molar-refractivity contribution in [2.24, 2.45) is 4.99 Å². The van der Waals surface area contributed by atoms with E-state index < -0.39 is 0 Å². The van der Waals surface area contributed by atoms with Gasteiger partial charge in [0.1, 0.15) is 11.6 Å². The van der Waals surface area contributed by atoms with E-state index in [4.69, 9.17) is 9.72 Å². The maximum atomic E-state index is 9.19. The van der Waals surface area contributed by atoms with E-state index in [0.29, 0.717) is 11.3 Å². The lowest BCUT2D eigenvalue weighted by atomic mass is 10.2. The van der Waals surface area contributed by atoms with Crippen LogP contribution in [0.3, 0.4) is 0 Å². The first-order chi connectivity index (χ1) is 15.6. The number of fused-ring (bicyclic) bond motifs is 1. The van der Waals surface area contributed by atoms with Gasteiger partial charge in [-0.15, -0.1) is 0 Å². The fourth-order valence-electron chi connectivity index (χ4n) is 3.71. The number of allylic oxidation sites excluding steroid dienone is 2. The molecule has 8 heteroatoms. The lowest BCUT2D eigenvalue weighted by Crippen LogP contribution is -2.45. The Balaban J connectivity index is 1.51. The number of piperazine rings is 1. The average molecular weight is 445 g/mol. The number of nitrogens with one attached hydrogen (secondary N) is 1. The van der Waals surface area contributed by atoms with Crippen LogP contribution in [0, 0.1) is 11.3 Å². The molecule has 0 atom stereocenters. The van der Waals surface area contributed by atoms with Crippen LogP contribution in [-0.4, -0.2) is 49.9 Å². The highest BCUT2D eigenvalue weighted by atomic mass is 32.1. The maximum Gasteiger partial charge on any atom is 0.188 e. The van der Waals surface area contributed by atoms with E-state index in [1.807, 2.05) is 6.08 Å². The smallest absolute Gasteiger partial charge is 0.188 e. The van der Waals surface area contributed by atoms with Gasteiger partial charge in [0.25, 0.3) is 0 Å². The molecular formula is C24H24N6OS. The van der Waals surface area contributed by atoms with Crippen LogP contribution in [0.25, 0.3) is 10.2 Å². The van der Waals surface area contributed by atoms with Crippen molar-refractivity contribution in [1.82, 2.24) is 9.88 Å². The SMILES string of the molecule is C=C/C=C(\N=C)N1CCN(c2ccc3sc(Nc4cc(C#N)ccc4OC)nc3c2)CC1. The first-order valence-electron chi connectivity index (χ1n) is 10.2. The normalized spacial score (nSPS) is 14.2. The molecule has 0 bridgehead atoms. The van der Waals surface area contributed by atoms with Crippen molar-refractivity contribution in [3.63, 3.8) is 0 Å². The zero-order valence-corrected chi connectivity index (χ0v) is 18.7. The molecule has 2 aromatic carbocycles. The number of anilines is 3. The minimum Gasteiger partial charge on any atom is -0.495 e. The Morgan fingerprint density at radius 3 is 2.75 bits per heavy atom. The summed E-state index contributed by atoms with van der Waals surface area (Å²) in [6, 6.07) is 13.8. The maximum absolute atomic E-state index is 9.19. The molecule has 162 valence electrons. The number of ether oxygens (including phenoxy) is 1. The second kappa shape index (κ2) is 9.54. The van der Waals surface area contributed by atoms with E-state index in [1.54, 1.807) is 42.7 Å². The zero-order chi connectivity index (χ0) is 22.5. The van der Waals surface area contributed by atoms with Gasteiger partial charge in [-0.1, -0.05) is 24.0 Å². The molecule has 0 spiro atoms. The Morgan fingerprint density at radius 1 is 1.25 bits per heavy atom. The Bertz CT molecular complexity index is 1220. The van der Waals surface area contributed by atoms with Crippen LogP contribution in [0.1, 0.15) is 5.56 Å². The predicted molar refractivity (Wildman–Crippen MR) is 132 cm³/mol. The number of hydrogen-bond donors (Lipinski definition) is 1. The topological polar surface area (TPSA) is 76.8 Å². The summed E-state index contributed by atoms with van der Waals surface area (Å²) in [6.45, 7) is 10.9. The van der Waals surface area contributed by atoms with Gasteiger partial charge in [0.2, 0.25) is 0 Å². The van der Waals surface area contributed by atoms with Crippen LogP contribution in [0.5, 0.6) is 5.75 Å². The van der Waals surface area contributed by atoms with Gasteiger partial charge in [0.15, 0.2) is 5.13 Å². The average Bonchev–Trinajstić information content (AvgIpc) is 3.24. The second-order valence-electron chi connectivity index (χ2n) is 7.22. The lowest BCUT2D eigenvalue weighted by Gasteiger charge is -2.37. The Morgan fingerprint density at radius 2 is 2.06 bits per heavy atom. The van der Waals surface area contributed by atoms with Gasteiger partial charge < -0.3 is 19.9 Å². The van der Waals surface area contributed by atoms with Gasteiger partial charge in [-0.3, -0.25) is 0 Å². The number of rotatable bonds is 7. The van der Waals surface area contributed by atoms with Crippen LogP contribution in [-0.2, 0) is 0 Å². The van der Waals surface area contributed by atoms with Crippen LogP contribution < -0.4 is 15.0 Å². The lowest BCUT2D eigenvalue weighted by molar-refractivity contribution is 0.319. The van der Waals surface area contributed by atoms with Gasteiger partial charge in [-0.25, -0.2) is 9.98 Å². The largest absolute Gasteiger partial charge is 0.495 e. The molecule has 0 saturated carbocycles. The molecule has 0 amide bonds. The minimum absolute atomic E-state index is 0.564. The Labute approximate surface area is 191 Å². The molecule has 0 unspecified atom stereocenters. The minimum atomic E-state index is 0.564. The summed E-state index contributed by atoms with van der Waals surface area (Å²) in [6.07, 6.45) is 3.63. The monoisotopic (exact) mass is 444 g/mol. The number of nitriles is 1. The summed E-state index contributed by atoms with van der Waals surface area (Å²) in [5, 5.41) is 13.3. The molecule has 32 heavy (non-hydrogen) atoms. The van der Waals surface area contributed by atoms with Crippen molar-refractivity contribution in [1.29, 1.82) is 5.26 Å². The molecular weight excluding hydrogens is 420 g/mol. The fourth-order valence-corrected chi connectivity index (χ4v) is 4.57. The van der Waals surface area contributed by atoms with E-state index in [9.17, 15) is 5.26 Å². The molecule has 0 radical (unpaired) electrons. The highest BCUT2D eigenvalue weighted by Crippen LogP contribution is 2.34.